The fraction of sp³-hybridized carbons (Fsp3) is 0.133. The Morgan fingerprint density at radius 3 is 2.26 bits per heavy atom. The lowest BCUT2D eigenvalue weighted by Gasteiger charge is -2.08. The molecule has 1 nitrogen and oxygen atoms in total. The van der Waals surface area contributed by atoms with Gasteiger partial charge in [0.1, 0.15) is 17.5 Å². The van der Waals surface area contributed by atoms with E-state index in [2.05, 4.69) is 0 Å². The molecule has 0 unspecified atom stereocenters. The highest BCUT2D eigenvalue weighted by Gasteiger charge is 2.22. The summed E-state index contributed by atoms with van der Waals surface area (Å²) in [5.41, 5.74) is -0.0531. The second kappa shape index (κ2) is 4.88. The summed E-state index contributed by atoms with van der Waals surface area (Å²) in [7, 11) is 0. The van der Waals surface area contributed by atoms with Crippen molar-refractivity contribution in [3.63, 3.8) is 0 Å². The van der Waals surface area contributed by atoms with Crippen molar-refractivity contribution in [2.24, 2.45) is 0 Å². The summed E-state index contributed by atoms with van der Waals surface area (Å²) in [6.45, 7) is 3.02. The smallest absolute Gasteiger partial charge is 0.199 e. The van der Waals surface area contributed by atoms with E-state index in [4.69, 9.17) is 0 Å². The molecule has 0 aliphatic rings. The minimum atomic E-state index is -0.947. The van der Waals surface area contributed by atoms with Gasteiger partial charge >= 0.3 is 0 Å². The molecule has 0 bridgehead atoms. The molecule has 2 rings (SSSR count). The third-order valence-corrected chi connectivity index (χ3v) is 2.96. The lowest BCUT2D eigenvalue weighted by Crippen LogP contribution is -2.10. The molecule has 0 aliphatic heterocycles. The van der Waals surface area contributed by atoms with Crippen LogP contribution in [0.1, 0.15) is 27.0 Å². The van der Waals surface area contributed by atoms with E-state index in [1.807, 2.05) is 0 Å². The zero-order chi connectivity index (χ0) is 14.2. The van der Waals surface area contributed by atoms with Gasteiger partial charge in [-0.15, -0.1) is 0 Å². The van der Waals surface area contributed by atoms with Crippen molar-refractivity contribution in [1.29, 1.82) is 0 Å². The average Bonchev–Trinajstić information content (AvgIpc) is 2.37. The van der Waals surface area contributed by atoms with Gasteiger partial charge in [-0.2, -0.15) is 0 Å². The van der Waals surface area contributed by atoms with Crippen molar-refractivity contribution in [3.05, 3.63) is 70.0 Å². The molecule has 0 saturated carbocycles. The normalized spacial score (nSPS) is 10.6. The molecule has 19 heavy (non-hydrogen) atoms. The molecule has 98 valence electrons. The first-order valence-electron chi connectivity index (χ1n) is 5.67. The van der Waals surface area contributed by atoms with E-state index in [-0.39, 0.29) is 11.1 Å². The monoisotopic (exact) mass is 264 g/mol. The van der Waals surface area contributed by atoms with Crippen LogP contribution in [0, 0.1) is 31.3 Å². The second-order valence-corrected chi connectivity index (χ2v) is 4.34. The van der Waals surface area contributed by atoms with Gasteiger partial charge in [-0.25, -0.2) is 13.2 Å². The molecule has 0 spiro atoms. The SMILES string of the molecule is Cc1ccc(F)cc1C(=O)c1c(F)ccc(C)c1F. The predicted octanol–water partition coefficient (Wildman–Crippen LogP) is 3.95. The first-order chi connectivity index (χ1) is 8.91. The Balaban J connectivity index is 2.63. The molecule has 0 saturated heterocycles. The Hall–Kier alpha value is -2.10. The van der Waals surface area contributed by atoms with Crippen LogP contribution in [0.15, 0.2) is 30.3 Å². The highest BCUT2D eigenvalue weighted by atomic mass is 19.1. The molecule has 0 atom stereocenters. The van der Waals surface area contributed by atoms with E-state index in [1.54, 1.807) is 6.92 Å². The van der Waals surface area contributed by atoms with Gasteiger partial charge in [0.25, 0.3) is 0 Å². The van der Waals surface area contributed by atoms with Gasteiger partial charge in [-0.3, -0.25) is 4.79 Å². The fourth-order valence-electron chi connectivity index (χ4n) is 1.84. The van der Waals surface area contributed by atoms with E-state index in [0.717, 1.165) is 12.1 Å². The Bertz CT molecular complexity index is 663. The van der Waals surface area contributed by atoms with Gasteiger partial charge in [-0.05, 0) is 43.2 Å². The summed E-state index contributed by atoms with van der Waals surface area (Å²) < 4.78 is 40.7. The molecule has 0 amide bonds. The summed E-state index contributed by atoms with van der Waals surface area (Å²) in [5, 5.41) is 0. The van der Waals surface area contributed by atoms with E-state index in [1.165, 1.54) is 25.1 Å². The Morgan fingerprint density at radius 1 is 0.947 bits per heavy atom. The Labute approximate surface area is 108 Å². The van der Waals surface area contributed by atoms with Crippen LogP contribution in [0.2, 0.25) is 0 Å². The Kier molecular flexibility index (Phi) is 3.42. The molecular formula is C15H11F3O. The molecule has 0 radical (unpaired) electrons. The highest BCUT2D eigenvalue weighted by Crippen LogP contribution is 2.22. The van der Waals surface area contributed by atoms with Crippen molar-refractivity contribution in [2.45, 2.75) is 13.8 Å². The van der Waals surface area contributed by atoms with Gasteiger partial charge in [0.2, 0.25) is 0 Å². The van der Waals surface area contributed by atoms with Crippen LogP contribution in [-0.2, 0) is 0 Å². The lowest BCUT2D eigenvalue weighted by molar-refractivity contribution is 0.103. The number of carbonyl (C=O) groups is 1. The molecule has 4 heteroatoms. The number of hydrogen-bond donors (Lipinski definition) is 0. The maximum Gasteiger partial charge on any atom is 0.199 e. The summed E-state index contributed by atoms with van der Waals surface area (Å²) in [6.07, 6.45) is 0. The van der Waals surface area contributed by atoms with Crippen LogP contribution >= 0.6 is 0 Å². The number of halogens is 3. The van der Waals surface area contributed by atoms with Crippen molar-refractivity contribution >= 4 is 5.78 Å². The first kappa shape index (κ1) is 13.3. The minimum absolute atomic E-state index is 0.0385. The molecule has 0 N–H and O–H groups in total. The molecule has 2 aromatic carbocycles. The van der Waals surface area contributed by atoms with Crippen LogP contribution < -0.4 is 0 Å². The number of benzene rings is 2. The average molecular weight is 264 g/mol. The van der Waals surface area contributed by atoms with Crippen molar-refractivity contribution < 1.29 is 18.0 Å². The van der Waals surface area contributed by atoms with Gasteiger partial charge in [0, 0.05) is 5.56 Å². The van der Waals surface area contributed by atoms with Crippen LogP contribution in [0.4, 0.5) is 13.2 Å². The first-order valence-corrected chi connectivity index (χ1v) is 5.67. The van der Waals surface area contributed by atoms with E-state index < -0.39 is 28.8 Å². The number of ketones is 1. The Morgan fingerprint density at radius 2 is 1.58 bits per heavy atom. The standard InChI is InChI=1S/C15H11F3O/c1-8-3-5-10(16)7-11(8)15(19)13-12(17)6-4-9(2)14(13)18/h3-7H,1-2H3. The number of aryl methyl sites for hydroxylation is 2. The summed E-state index contributed by atoms with van der Waals surface area (Å²) in [5.74, 6) is -3.33. The zero-order valence-corrected chi connectivity index (χ0v) is 10.4. The van der Waals surface area contributed by atoms with Gasteiger partial charge in [0.15, 0.2) is 5.78 Å². The van der Waals surface area contributed by atoms with Crippen molar-refractivity contribution in [1.82, 2.24) is 0 Å². The van der Waals surface area contributed by atoms with Gasteiger partial charge in [0.05, 0.1) is 5.56 Å². The van der Waals surface area contributed by atoms with Crippen LogP contribution in [0.5, 0.6) is 0 Å². The van der Waals surface area contributed by atoms with E-state index in [9.17, 15) is 18.0 Å². The molecule has 0 aromatic heterocycles. The minimum Gasteiger partial charge on any atom is -0.288 e. The second-order valence-electron chi connectivity index (χ2n) is 4.34. The third kappa shape index (κ3) is 2.38. The van der Waals surface area contributed by atoms with Gasteiger partial charge < -0.3 is 0 Å². The fourth-order valence-corrected chi connectivity index (χ4v) is 1.84. The van der Waals surface area contributed by atoms with Crippen LogP contribution in [0.3, 0.4) is 0 Å². The molecule has 0 aliphatic carbocycles. The highest BCUT2D eigenvalue weighted by molar-refractivity contribution is 6.10. The maximum atomic E-state index is 13.9. The quantitative estimate of drug-likeness (QED) is 0.750. The topological polar surface area (TPSA) is 17.1 Å². The van der Waals surface area contributed by atoms with E-state index >= 15 is 0 Å². The summed E-state index contributed by atoms with van der Waals surface area (Å²) >= 11 is 0. The molecule has 0 heterocycles. The van der Waals surface area contributed by atoms with Gasteiger partial charge in [-0.1, -0.05) is 12.1 Å². The van der Waals surface area contributed by atoms with E-state index in [0.29, 0.717) is 5.56 Å². The largest absolute Gasteiger partial charge is 0.288 e. The molecule has 2 aromatic rings. The number of hydrogen-bond acceptors (Lipinski definition) is 1. The third-order valence-electron chi connectivity index (χ3n) is 2.96. The predicted molar refractivity (Wildman–Crippen MR) is 65.7 cm³/mol. The lowest BCUT2D eigenvalue weighted by atomic mass is 9.97. The van der Waals surface area contributed by atoms with Crippen molar-refractivity contribution in [2.75, 3.05) is 0 Å². The number of rotatable bonds is 2. The van der Waals surface area contributed by atoms with Crippen molar-refractivity contribution in [3.8, 4) is 0 Å². The zero-order valence-electron chi connectivity index (χ0n) is 10.4. The summed E-state index contributed by atoms with van der Waals surface area (Å²) in [6, 6.07) is 5.85. The maximum absolute atomic E-state index is 13.9. The summed E-state index contributed by atoms with van der Waals surface area (Å²) in [4.78, 5) is 12.2. The van der Waals surface area contributed by atoms with Crippen LogP contribution in [0.25, 0.3) is 0 Å². The number of carbonyl (C=O) groups excluding carboxylic acids is 1. The molecule has 0 fully saturated rings. The van der Waals surface area contributed by atoms with Crippen LogP contribution in [-0.4, -0.2) is 5.78 Å². The molecular weight excluding hydrogens is 253 g/mol.